The zero-order chi connectivity index (χ0) is 26.3. The number of amides is 1. The topological polar surface area (TPSA) is 77.9 Å². The van der Waals surface area contributed by atoms with Crippen LogP contribution < -0.4 is 4.90 Å². The van der Waals surface area contributed by atoms with Gasteiger partial charge in [-0.3, -0.25) is 9.35 Å². The van der Waals surface area contributed by atoms with E-state index in [1.54, 1.807) is 12.1 Å². The Balaban J connectivity index is 0.000000275. The third-order valence-corrected chi connectivity index (χ3v) is 7.09. The molecule has 1 amide bonds. The number of aryl methyl sites for hydroxylation is 3. The fourth-order valence-electron chi connectivity index (χ4n) is 4.40. The average molecular weight is 509 g/mol. The maximum Gasteiger partial charge on any atom is 0.294 e. The molecule has 6 nitrogen and oxygen atoms in total. The first-order valence-electron chi connectivity index (χ1n) is 12.2. The highest BCUT2D eigenvalue weighted by Crippen LogP contribution is 2.30. The minimum atomic E-state index is -4.02. The second-order valence-corrected chi connectivity index (χ2v) is 11.2. The van der Waals surface area contributed by atoms with E-state index in [-0.39, 0.29) is 10.8 Å². The summed E-state index contributed by atoms with van der Waals surface area (Å²) in [5.74, 6) is 0.727. The molecule has 0 aliphatic carbocycles. The molecule has 1 aliphatic heterocycles. The number of rotatable bonds is 6. The summed E-state index contributed by atoms with van der Waals surface area (Å²) in [6.45, 7) is 5.76. The van der Waals surface area contributed by atoms with E-state index in [1.807, 2.05) is 17.9 Å². The zero-order valence-corrected chi connectivity index (χ0v) is 22.3. The maximum absolute atomic E-state index is 12.9. The number of anilines is 1. The molecule has 0 bridgehead atoms. The fraction of sp³-hybridized carbons (Fsp3) is 0.345. The van der Waals surface area contributed by atoms with Gasteiger partial charge in [0.15, 0.2) is 0 Å². The third-order valence-electron chi connectivity index (χ3n) is 6.22. The summed E-state index contributed by atoms with van der Waals surface area (Å²) in [6, 6.07) is 22.8. The van der Waals surface area contributed by atoms with Gasteiger partial charge in [0.05, 0.1) is 4.90 Å². The Kier molecular flexibility index (Phi) is 9.43. The van der Waals surface area contributed by atoms with Crippen molar-refractivity contribution in [2.24, 2.45) is 5.92 Å². The molecule has 1 atom stereocenters. The van der Waals surface area contributed by atoms with Crippen LogP contribution in [0.1, 0.15) is 28.7 Å². The minimum absolute atomic E-state index is 0.0666. The molecular weight excluding hydrogens is 472 g/mol. The van der Waals surface area contributed by atoms with E-state index >= 15 is 0 Å². The molecule has 7 heteroatoms. The van der Waals surface area contributed by atoms with Crippen molar-refractivity contribution in [3.8, 4) is 0 Å². The summed E-state index contributed by atoms with van der Waals surface area (Å²) >= 11 is 0. The number of para-hydroxylation sites is 1. The van der Waals surface area contributed by atoms with E-state index in [0.29, 0.717) is 12.3 Å². The normalized spacial score (nSPS) is 15.2. The summed E-state index contributed by atoms with van der Waals surface area (Å²) in [4.78, 5) is 17.1. The molecule has 192 valence electrons. The van der Waals surface area contributed by atoms with Crippen LogP contribution in [0.15, 0.2) is 77.7 Å². The predicted octanol–water partition coefficient (Wildman–Crippen LogP) is 4.94. The Bertz CT molecular complexity index is 1250. The molecule has 0 aromatic heterocycles. The monoisotopic (exact) mass is 508 g/mol. The molecular formula is C29H36N2O4S. The van der Waals surface area contributed by atoms with Crippen LogP contribution in [0.25, 0.3) is 0 Å². The van der Waals surface area contributed by atoms with Crippen molar-refractivity contribution in [1.82, 2.24) is 4.90 Å². The summed E-state index contributed by atoms with van der Waals surface area (Å²) in [5, 5.41) is 0. The second kappa shape index (κ2) is 12.3. The van der Waals surface area contributed by atoms with Gasteiger partial charge in [0.2, 0.25) is 5.91 Å². The quantitative estimate of drug-likeness (QED) is 0.478. The summed E-state index contributed by atoms with van der Waals surface area (Å²) in [5.41, 5.74) is 5.84. The van der Waals surface area contributed by atoms with Crippen LogP contribution in [0, 0.1) is 19.8 Å². The van der Waals surface area contributed by atoms with Crippen LogP contribution in [0.2, 0.25) is 0 Å². The Morgan fingerprint density at radius 3 is 2.11 bits per heavy atom. The Labute approximate surface area is 215 Å². The van der Waals surface area contributed by atoms with Gasteiger partial charge in [0.1, 0.15) is 0 Å². The van der Waals surface area contributed by atoms with Gasteiger partial charge in [-0.05, 0) is 76.0 Å². The standard InChI is InChI=1S/C22H28N2O.C7H8O3S/c1-17-8-10-18(11-9-17)12-13-22(25)24-16-19(15-23(2)3)14-20-6-4-5-7-21(20)24;1-6-2-4-7(5-3-6)11(8,9)10/h4-11,19H,12-16H2,1-3H3;2-5H,1H3,(H,8,9,10). The van der Waals surface area contributed by atoms with Gasteiger partial charge in [0.25, 0.3) is 10.1 Å². The smallest absolute Gasteiger partial charge is 0.294 e. The van der Waals surface area contributed by atoms with Gasteiger partial charge in [-0.15, -0.1) is 0 Å². The summed E-state index contributed by atoms with van der Waals surface area (Å²) in [7, 11) is 0.183. The first-order valence-corrected chi connectivity index (χ1v) is 13.6. The Hall–Kier alpha value is -3.00. The largest absolute Gasteiger partial charge is 0.312 e. The van der Waals surface area contributed by atoms with Crippen molar-refractivity contribution in [2.75, 3.05) is 32.1 Å². The van der Waals surface area contributed by atoms with Crippen LogP contribution in [0.4, 0.5) is 5.69 Å². The SMILES string of the molecule is Cc1ccc(CCC(=O)N2CC(CN(C)C)Cc3ccccc32)cc1.Cc1ccc(S(=O)(=O)O)cc1. The molecule has 1 unspecified atom stereocenters. The molecule has 1 aliphatic rings. The number of benzene rings is 3. The summed E-state index contributed by atoms with van der Waals surface area (Å²) in [6.07, 6.45) is 2.41. The van der Waals surface area contributed by atoms with Gasteiger partial charge in [-0.1, -0.05) is 65.7 Å². The number of hydrogen-bond acceptors (Lipinski definition) is 4. The third kappa shape index (κ3) is 8.01. The molecule has 0 spiro atoms. The van der Waals surface area contributed by atoms with E-state index in [1.165, 1.54) is 28.8 Å². The van der Waals surface area contributed by atoms with Crippen molar-refractivity contribution < 1.29 is 17.8 Å². The van der Waals surface area contributed by atoms with Gasteiger partial charge >= 0.3 is 0 Å². The number of carbonyl (C=O) groups is 1. The highest BCUT2D eigenvalue weighted by molar-refractivity contribution is 7.85. The van der Waals surface area contributed by atoms with Crippen molar-refractivity contribution >= 4 is 21.7 Å². The molecule has 1 N–H and O–H groups in total. The Morgan fingerprint density at radius 1 is 0.944 bits per heavy atom. The molecule has 1 heterocycles. The second-order valence-electron chi connectivity index (χ2n) is 9.74. The first-order chi connectivity index (χ1) is 17.0. The number of fused-ring (bicyclic) bond motifs is 1. The molecule has 0 radical (unpaired) electrons. The van der Waals surface area contributed by atoms with Gasteiger partial charge < -0.3 is 9.80 Å². The maximum atomic E-state index is 12.9. The Morgan fingerprint density at radius 2 is 1.53 bits per heavy atom. The molecule has 4 rings (SSSR count). The van der Waals surface area contributed by atoms with Crippen LogP contribution in [-0.4, -0.2) is 51.0 Å². The lowest BCUT2D eigenvalue weighted by atomic mass is 9.91. The van der Waals surface area contributed by atoms with Crippen LogP contribution in [0.3, 0.4) is 0 Å². The molecule has 0 saturated heterocycles. The lowest BCUT2D eigenvalue weighted by molar-refractivity contribution is -0.118. The molecule has 3 aromatic rings. The van der Waals surface area contributed by atoms with E-state index in [0.717, 1.165) is 37.2 Å². The van der Waals surface area contributed by atoms with E-state index in [9.17, 15) is 13.2 Å². The molecule has 0 saturated carbocycles. The van der Waals surface area contributed by atoms with E-state index in [4.69, 9.17) is 4.55 Å². The van der Waals surface area contributed by atoms with Gasteiger partial charge in [0, 0.05) is 25.2 Å². The van der Waals surface area contributed by atoms with Gasteiger partial charge in [-0.2, -0.15) is 8.42 Å². The van der Waals surface area contributed by atoms with E-state index in [2.05, 4.69) is 68.4 Å². The minimum Gasteiger partial charge on any atom is -0.312 e. The lowest BCUT2D eigenvalue weighted by Crippen LogP contribution is -2.43. The van der Waals surface area contributed by atoms with Crippen molar-refractivity contribution in [3.63, 3.8) is 0 Å². The first kappa shape index (κ1) is 27.6. The van der Waals surface area contributed by atoms with Crippen molar-refractivity contribution in [2.45, 2.75) is 38.0 Å². The number of hydrogen-bond donors (Lipinski definition) is 1. The van der Waals surface area contributed by atoms with Crippen molar-refractivity contribution in [1.29, 1.82) is 0 Å². The number of carbonyl (C=O) groups excluding carboxylic acids is 1. The zero-order valence-electron chi connectivity index (χ0n) is 21.5. The van der Waals surface area contributed by atoms with Crippen molar-refractivity contribution in [3.05, 3.63) is 95.1 Å². The number of nitrogens with zero attached hydrogens (tertiary/aromatic N) is 2. The predicted molar refractivity (Wildman–Crippen MR) is 145 cm³/mol. The summed E-state index contributed by atoms with van der Waals surface area (Å²) < 4.78 is 29.6. The highest BCUT2D eigenvalue weighted by atomic mass is 32.2. The van der Waals surface area contributed by atoms with Crippen LogP contribution >= 0.6 is 0 Å². The average Bonchev–Trinajstić information content (AvgIpc) is 2.83. The molecule has 3 aromatic carbocycles. The van der Waals surface area contributed by atoms with Crippen LogP contribution in [-0.2, 0) is 27.8 Å². The van der Waals surface area contributed by atoms with Gasteiger partial charge in [-0.25, -0.2) is 0 Å². The van der Waals surface area contributed by atoms with Crippen LogP contribution in [0.5, 0.6) is 0 Å². The fourth-order valence-corrected chi connectivity index (χ4v) is 4.88. The highest BCUT2D eigenvalue weighted by Gasteiger charge is 2.28. The molecule has 0 fully saturated rings. The van der Waals surface area contributed by atoms with E-state index < -0.39 is 10.1 Å². The lowest BCUT2D eigenvalue weighted by Gasteiger charge is -2.36. The molecule has 36 heavy (non-hydrogen) atoms.